The van der Waals surface area contributed by atoms with E-state index in [9.17, 15) is 4.79 Å². The lowest BCUT2D eigenvalue weighted by atomic mass is 9.98. The SMILES string of the molecule is CC(=O)c1c(C)cc(N2CCN(C)CC2)cc1C. The molecule has 18 heavy (non-hydrogen) atoms. The van der Waals surface area contributed by atoms with Crippen molar-refractivity contribution in [2.75, 3.05) is 38.1 Å². The van der Waals surface area contributed by atoms with E-state index in [4.69, 9.17) is 0 Å². The highest BCUT2D eigenvalue weighted by Gasteiger charge is 2.16. The van der Waals surface area contributed by atoms with Crippen LogP contribution in [-0.4, -0.2) is 43.9 Å². The molecule has 0 aliphatic carbocycles. The van der Waals surface area contributed by atoms with Crippen LogP contribution in [-0.2, 0) is 0 Å². The number of piperazine rings is 1. The van der Waals surface area contributed by atoms with Crippen LogP contribution >= 0.6 is 0 Å². The van der Waals surface area contributed by atoms with Gasteiger partial charge in [-0.25, -0.2) is 0 Å². The topological polar surface area (TPSA) is 23.6 Å². The number of rotatable bonds is 2. The van der Waals surface area contributed by atoms with E-state index in [0.29, 0.717) is 0 Å². The summed E-state index contributed by atoms with van der Waals surface area (Å²) in [5.74, 6) is 0.162. The molecule has 0 radical (unpaired) electrons. The number of carbonyl (C=O) groups is 1. The average Bonchev–Trinajstić information content (AvgIpc) is 2.28. The van der Waals surface area contributed by atoms with Gasteiger partial charge in [0, 0.05) is 37.4 Å². The third-order valence-electron chi connectivity index (χ3n) is 3.74. The zero-order chi connectivity index (χ0) is 13.3. The van der Waals surface area contributed by atoms with Crippen LogP contribution < -0.4 is 4.90 Å². The van der Waals surface area contributed by atoms with Crippen LogP contribution in [0.1, 0.15) is 28.4 Å². The zero-order valence-corrected chi connectivity index (χ0v) is 11.8. The first-order valence-corrected chi connectivity index (χ1v) is 6.54. The Labute approximate surface area is 109 Å². The Balaban J connectivity index is 2.28. The standard InChI is InChI=1S/C15H22N2O/c1-11-9-14(10-12(2)15(11)13(3)18)17-7-5-16(4)6-8-17/h9-10H,5-8H2,1-4H3. The number of Topliss-reactive ketones (excluding diaryl/α,β-unsaturated/α-hetero) is 1. The van der Waals surface area contributed by atoms with Crippen molar-refractivity contribution in [1.82, 2.24) is 4.90 Å². The molecular formula is C15H22N2O. The largest absolute Gasteiger partial charge is 0.369 e. The van der Waals surface area contributed by atoms with Gasteiger partial charge in [0.25, 0.3) is 0 Å². The lowest BCUT2D eigenvalue weighted by Crippen LogP contribution is -2.44. The molecule has 0 aromatic heterocycles. The van der Waals surface area contributed by atoms with Crippen molar-refractivity contribution in [2.45, 2.75) is 20.8 Å². The third kappa shape index (κ3) is 2.56. The Morgan fingerprint density at radius 2 is 1.56 bits per heavy atom. The number of ketones is 1. The Morgan fingerprint density at radius 3 is 2.00 bits per heavy atom. The molecule has 1 aromatic carbocycles. The van der Waals surface area contributed by atoms with Crippen molar-refractivity contribution in [1.29, 1.82) is 0 Å². The molecule has 3 nitrogen and oxygen atoms in total. The van der Waals surface area contributed by atoms with Crippen LogP contribution in [0.25, 0.3) is 0 Å². The Hall–Kier alpha value is -1.35. The molecule has 1 aromatic rings. The molecule has 0 bridgehead atoms. The van der Waals surface area contributed by atoms with E-state index in [0.717, 1.165) is 42.9 Å². The van der Waals surface area contributed by atoms with Gasteiger partial charge in [-0.1, -0.05) is 0 Å². The molecule has 1 heterocycles. The second kappa shape index (κ2) is 5.11. The molecule has 0 unspecified atom stereocenters. The van der Waals surface area contributed by atoms with E-state index >= 15 is 0 Å². The molecular weight excluding hydrogens is 224 g/mol. The first kappa shape index (κ1) is 13.1. The van der Waals surface area contributed by atoms with Gasteiger partial charge in [-0.05, 0) is 51.1 Å². The summed E-state index contributed by atoms with van der Waals surface area (Å²) < 4.78 is 0. The van der Waals surface area contributed by atoms with E-state index in [-0.39, 0.29) is 5.78 Å². The van der Waals surface area contributed by atoms with E-state index in [1.165, 1.54) is 5.69 Å². The summed E-state index contributed by atoms with van der Waals surface area (Å²) in [6.45, 7) is 10.0. The minimum Gasteiger partial charge on any atom is -0.369 e. The number of aryl methyl sites for hydroxylation is 2. The number of nitrogens with zero attached hydrogens (tertiary/aromatic N) is 2. The van der Waals surface area contributed by atoms with Crippen LogP contribution in [0.15, 0.2) is 12.1 Å². The number of hydrogen-bond donors (Lipinski definition) is 0. The highest BCUT2D eigenvalue weighted by Crippen LogP contribution is 2.24. The molecule has 1 saturated heterocycles. The first-order chi connectivity index (χ1) is 8.49. The molecule has 1 aliphatic heterocycles. The minimum absolute atomic E-state index is 0.162. The summed E-state index contributed by atoms with van der Waals surface area (Å²) >= 11 is 0. The van der Waals surface area contributed by atoms with Crippen molar-refractivity contribution in [3.05, 3.63) is 28.8 Å². The number of likely N-dealkylation sites (N-methyl/N-ethyl adjacent to an activating group) is 1. The summed E-state index contributed by atoms with van der Waals surface area (Å²) in [6.07, 6.45) is 0. The molecule has 0 amide bonds. The van der Waals surface area contributed by atoms with Gasteiger partial charge < -0.3 is 9.80 Å². The summed E-state index contributed by atoms with van der Waals surface area (Å²) in [5.41, 5.74) is 4.32. The van der Waals surface area contributed by atoms with Gasteiger partial charge in [-0.2, -0.15) is 0 Å². The molecule has 0 spiro atoms. The molecule has 0 saturated carbocycles. The molecule has 3 heteroatoms. The van der Waals surface area contributed by atoms with E-state index in [2.05, 4.69) is 29.0 Å². The number of hydrogen-bond acceptors (Lipinski definition) is 3. The Morgan fingerprint density at radius 1 is 1.06 bits per heavy atom. The average molecular weight is 246 g/mol. The van der Waals surface area contributed by atoms with Crippen LogP contribution in [0.2, 0.25) is 0 Å². The lowest BCUT2D eigenvalue weighted by molar-refractivity contribution is 0.101. The Kier molecular flexibility index (Phi) is 3.71. The lowest BCUT2D eigenvalue weighted by Gasteiger charge is -2.34. The van der Waals surface area contributed by atoms with E-state index in [1.54, 1.807) is 6.92 Å². The predicted octanol–water partition coefficient (Wildman–Crippen LogP) is 2.26. The van der Waals surface area contributed by atoms with E-state index < -0.39 is 0 Å². The number of benzene rings is 1. The molecule has 0 N–H and O–H groups in total. The van der Waals surface area contributed by atoms with Crippen LogP contribution in [0.5, 0.6) is 0 Å². The van der Waals surface area contributed by atoms with Gasteiger partial charge in [0.05, 0.1) is 0 Å². The summed E-state index contributed by atoms with van der Waals surface area (Å²) in [5, 5.41) is 0. The van der Waals surface area contributed by atoms with Crippen LogP contribution in [0, 0.1) is 13.8 Å². The molecule has 98 valence electrons. The van der Waals surface area contributed by atoms with Crippen molar-refractivity contribution in [3.8, 4) is 0 Å². The molecule has 1 aliphatic rings. The maximum atomic E-state index is 11.6. The smallest absolute Gasteiger partial charge is 0.160 e. The van der Waals surface area contributed by atoms with Crippen LogP contribution in [0.4, 0.5) is 5.69 Å². The third-order valence-corrected chi connectivity index (χ3v) is 3.74. The van der Waals surface area contributed by atoms with Crippen molar-refractivity contribution >= 4 is 11.5 Å². The van der Waals surface area contributed by atoms with Crippen molar-refractivity contribution < 1.29 is 4.79 Å². The van der Waals surface area contributed by atoms with Crippen molar-refractivity contribution in [2.24, 2.45) is 0 Å². The molecule has 1 fully saturated rings. The Bertz CT molecular complexity index is 437. The maximum absolute atomic E-state index is 11.6. The van der Waals surface area contributed by atoms with Gasteiger partial charge in [-0.15, -0.1) is 0 Å². The van der Waals surface area contributed by atoms with Gasteiger partial charge in [0.15, 0.2) is 5.78 Å². The van der Waals surface area contributed by atoms with Gasteiger partial charge in [0.1, 0.15) is 0 Å². The zero-order valence-electron chi connectivity index (χ0n) is 11.8. The molecule has 2 rings (SSSR count). The fourth-order valence-corrected chi connectivity index (χ4v) is 2.74. The monoisotopic (exact) mass is 246 g/mol. The fourth-order valence-electron chi connectivity index (χ4n) is 2.74. The first-order valence-electron chi connectivity index (χ1n) is 6.54. The van der Waals surface area contributed by atoms with Gasteiger partial charge in [-0.3, -0.25) is 4.79 Å². The van der Waals surface area contributed by atoms with Gasteiger partial charge in [0.2, 0.25) is 0 Å². The second-order valence-corrected chi connectivity index (χ2v) is 5.30. The van der Waals surface area contributed by atoms with Gasteiger partial charge >= 0.3 is 0 Å². The summed E-state index contributed by atoms with van der Waals surface area (Å²) in [7, 11) is 2.16. The normalized spacial score (nSPS) is 17.0. The fraction of sp³-hybridized carbons (Fsp3) is 0.533. The van der Waals surface area contributed by atoms with E-state index in [1.807, 2.05) is 13.8 Å². The van der Waals surface area contributed by atoms with Crippen molar-refractivity contribution in [3.63, 3.8) is 0 Å². The highest BCUT2D eigenvalue weighted by atomic mass is 16.1. The highest BCUT2D eigenvalue weighted by molar-refractivity contribution is 5.97. The predicted molar refractivity (Wildman–Crippen MR) is 75.6 cm³/mol. The van der Waals surface area contributed by atoms with Crippen LogP contribution in [0.3, 0.4) is 0 Å². The molecule has 0 atom stereocenters. The summed E-state index contributed by atoms with van der Waals surface area (Å²) in [4.78, 5) is 16.4. The minimum atomic E-state index is 0.162. The number of carbonyl (C=O) groups excluding carboxylic acids is 1. The summed E-state index contributed by atoms with van der Waals surface area (Å²) in [6, 6.07) is 4.30. The number of anilines is 1. The maximum Gasteiger partial charge on any atom is 0.160 e. The quantitative estimate of drug-likeness (QED) is 0.748. The second-order valence-electron chi connectivity index (χ2n) is 5.30.